The van der Waals surface area contributed by atoms with Gasteiger partial charge in [0.2, 0.25) is 0 Å². The van der Waals surface area contributed by atoms with Gasteiger partial charge in [0.25, 0.3) is 0 Å². The normalized spacial score (nSPS) is 13.8. The van der Waals surface area contributed by atoms with E-state index in [0.717, 1.165) is 6.42 Å². The van der Waals surface area contributed by atoms with Crippen molar-refractivity contribution < 1.29 is 9.53 Å². The van der Waals surface area contributed by atoms with Gasteiger partial charge < -0.3 is 4.74 Å². The molecule has 1 rings (SSSR count). The van der Waals surface area contributed by atoms with E-state index in [-0.39, 0.29) is 5.97 Å². The zero-order chi connectivity index (χ0) is 14.1. The van der Waals surface area contributed by atoms with Gasteiger partial charge in [0, 0.05) is 6.42 Å². The van der Waals surface area contributed by atoms with Crippen molar-refractivity contribution in [3.63, 3.8) is 0 Å². The molecule has 1 aromatic carbocycles. The highest BCUT2D eigenvalue weighted by Crippen LogP contribution is 2.31. The SMILES string of the molecule is CCCC[C@H](CC(=O)OCC)[C@H](C)c1ccccc1. The first-order chi connectivity index (χ1) is 9.19. The molecule has 0 saturated heterocycles. The zero-order valence-electron chi connectivity index (χ0n) is 12.4. The number of esters is 1. The summed E-state index contributed by atoms with van der Waals surface area (Å²) in [4.78, 5) is 11.7. The van der Waals surface area contributed by atoms with Crippen molar-refractivity contribution in [1.82, 2.24) is 0 Å². The van der Waals surface area contributed by atoms with Gasteiger partial charge in [-0.2, -0.15) is 0 Å². The molecule has 0 aliphatic heterocycles. The summed E-state index contributed by atoms with van der Waals surface area (Å²) >= 11 is 0. The van der Waals surface area contributed by atoms with E-state index in [2.05, 4.69) is 38.1 Å². The van der Waals surface area contributed by atoms with Crippen LogP contribution in [-0.4, -0.2) is 12.6 Å². The lowest BCUT2D eigenvalue weighted by atomic mass is 9.82. The maximum absolute atomic E-state index is 11.7. The summed E-state index contributed by atoms with van der Waals surface area (Å²) in [6.07, 6.45) is 3.96. The summed E-state index contributed by atoms with van der Waals surface area (Å²) < 4.78 is 5.10. The summed E-state index contributed by atoms with van der Waals surface area (Å²) in [6.45, 7) is 6.74. The molecule has 0 aliphatic carbocycles. The second-order valence-corrected chi connectivity index (χ2v) is 5.11. The van der Waals surface area contributed by atoms with Crippen LogP contribution >= 0.6 is 0 Å². The minimum absolute atomic E-state index is 0.0635. The number of rotatable bonds is 8. The molecule has 0 heterocycles. The van der Waals surface area contributed by atoms with Gasteiger partial charge in [0.1, 0.15) is 0 Å². The number of hydrogen-bond acceptors (Lipinski definition) is 2. The van der Waals surface area contributed by atoms with E-state index in [9.17, 15) is 4.79 Å². The Balaban J connectivity index is 2.69. The van der Waals surface area contributed by atoms with Gasteiger partial charge in [-0.3, -0.25) is 4.79 Å². The van der Waals surface area contributed by atoms with Crippen LogP contribution in [0.1, 0.15) is 57.9 Å². The van der Waals surface area contributed by atoms with E-state index in [1.54, 1.807) is 0 Å². The third-order valence-electron chi connectivity index (χ3n) is 3.70. The van der Waals surface area contributed by atoms with Crippen molar-refractivity contribution >= 4 is 5.97 Å². The highest BCUT2D eigenvalue weighted by atomic mass is 16.5. The molecule has 0 N–H and O–H groups in total. The lowest BCUT2D eigenvalue weighted by molar-refractivity contribution is -0.144. The predicted molar refractivity (Wildman–Crippen MR) is 79.1 cm³/mol. The van der Waals surface area contributed by atoms with E-state index in [4.69, 9.17) is 4.74 Å². The zero-order valence-corrected chi connectivity index (χ0v) is 12.4. The van der Waals surface area contributed by atoms with Crippen LogP contribution in [-0.2, 0) is 9.53 Å². The Morgan fingerprint density at radius 1 is 1.21 bits per heavy atom. The Labute approximate surface area is 117 Å². The predicted octanol–water partition coefficient (Wildman–Crippen LogP) is 4.55. The van der Waals surface area contributed by atoms with Crippen LogP contribution in [0.5, 0.6) is 0 Å². The van der Waals surface area contributed by atoms with Crippen molar-refractivity contribution in [2.24, 2.45) is 5.92 Å². The van der Waals surface area contributed by atoms with Crippen LogP contribution in [0, 0.1) is 5.92 Å². The molecule has 0 bridgehead atoms. The van der Waals surface area contributed by atoms with Gasteiger partial charge in [-0.25, -0.2) is 0 Å². The topological polar surface area (TPSA) is 26.3 Å². The molecule has 0 fully saturated rings. The van der Waals surface area contributed by atoms with E-state index in [1.165, 1.54) is 18.4 Å². The largest absolute Gasteiger partial charge is 0.466 e. The summed E-state index contributed by atoms with van der Waals surface area (Å²) in [7, 11) is 0. The first kappa shape index (κ1) is 15.7. The maximum atomic E-state index is 11.7. The molecule has 0 spiro atoms. The molecule has 0 radical (unpaired) electrons. The standard InChI is InChI=1S/C17H26O2/c1-4-6-10-16(13-17(18)19-5-2)14(3)15-11-8-7-9-12-15/h7-9,11-12,14,16H,4-6,10,13H2,1-3H3/t14-,16-/m1/s1. The number of unbranched alkanes of at least 4 members (excludes halogenated alkanes) is 1. The van der Waals surface area contributed by atoms with Gasteiger partial charge in [-0.05, 0) is 30.7 Å². The van der Waals surface area contributed by atoms with Crippen LogP contribution in [0.3, 0.4) is 0 Å². The Hall–Kier alpha value is -1.31. The molecule has 106 valence electrons. The average molecular weight is 262 g/mol. The Kier molecular flexibility index (Phi) is 7.24. The van der Waals surface area contributed by atoms with Crippen LogP contribution in [0.4, 0.5) is 0 Å². The third kappa shape index (κ3) is 5.46. The van der Waals surface area contributed by atoms with Crippen LogP contribution in [0.25, 0.3) is 0 Å². The fourth-order valence-corrected chi connectivity index (χ4v) is 2.46. The van der Waals surface area contributed by atoms with Crippen LogP contribution in [0.2, 0.25) is 0 Å². The van der Waals surface area contributed by atoms with E-state index in [0.29, 0.717) is 24.9 Å². The molecule has 1 aromatic rings. The fourth-order valence-electron chi connectivity index (χ4n) is 2.46. The molecule has 0 unspecified atom stereocenters. The molecule has 0 aliphatic rings. The second kappa shape index (κ2) is 8.73. The maximum Gasteiger partial charge on any atom is 0.306 e. The quantitative estimate of drug-likeness (QED) is 0.642. The van der Waals surface area contributed by atoms with Gasteiger partial charge >= 0.3 is 5.97 Å². The summed E-state index contributed by atoms with van der Waals surface area (Å²) in [5.41, 5.74) is 1.31. The number of hydrogen-bond donors (Lipinski definition) is 0. The van der Waals surface area contributed by atoms with Gasteiger partial charge in [-0.15, -0.1) is 0 Å². The van der Waals surface area contributed by atoms with Crippen molar-refractivity contribution in [3.05, 3.63) is 35.9 Å². The van der Waals surface area contributed by atoms with Crippen molar-refractivity contribution in [2.45, 2.75) is 52.4 Å². The van der Waals surface area contributed by atoms with E-state index < -0.39 is 0 Å². The molecule has 2 atom stereocenters. The Morgan fingerprint density at radius 3 is 2.47 bits per heavy atom. The first-order valence-electron chi connectivity index (χ1n) is 7.39. The highest BCUT2D eigenvalue weighted by molar-refractivity contribution is 5.69. The number of benzene rings is 1. The number of carbonyl (C=O) groups excluding carboxylic acids is 1. The molecule has 0 saturated carbocycles. The summed E-state index contributed by atoms with van der Waals surface area (Å²) in [5.74, 6) is 0.713. The minimum atomic E-state index is -0.0635. The molecule has 2 heteroatoms. The van der Waals surface area contributed by atoms with Crippen LogP contribution in [0.15, 0.2) is 30.3 Å². The lowest BCUT2D eigenvalue weighted by Crippen LogP contribution is -2.17. The number of carbonyl (C=O) groups is 1. The molecule has 19 heavy (non-hydrogen) atoms. The van der Waals surface area contributed by atoms with Crippen LogP contribution < -0.4 is 0 Å². The Bertz CT molecular complexity index is 359. The smallest absolute Gasteiger partial charge is 0.306 e. The number of ether oxygens (including phenoxy) is 1. The lowest BCUT2D eigenvalue weighted by Gasteiger charge is -2.23. The van der Waals surface area contributed by atoms with Crippen molar-refractivity contribution in [1.29, 1.82) is 0 Å². The van der Waals surface area contributed by atoms with E-state index in [1.807, 2.05) is 13.0 Å². The second-order valence-electron chi connectivity index (χ2n) is 5.11. The van der Waals surface area contributed by atoms with Crippen molar-refractivity contribution in [2.75, 3.05) is 6.61 Å². The molecular formula is C17H26O2. The monoisotopic (exact) mass is 262 g/mol. The van der Waals surface area contributed by atoms with Crippen molar-refractivity contribution in [3.8, 4) is 0 Å². The Morgan fingerprint density at radius 2 is 1.89 bits per heavy atom. The molecular weight excluding hydrogens is 236 g/mol. The fraction of sp³-hybridized carbons (Fsp3) is 0.588. The first-order valence-corrected chi connectivity index (χ1v) is 7.39. The van der Waals surface area contributed by atoms with Gasteiger partial charge in [0.15, 0.2) is 0 Å². The van der Waals surface area contributed by atoms with E-state index >= 15 is 0 Å². The van der Waals surface area contributed by atoms with Gasteiger partial charge in [0.05, 0.1) is 6.61 Å². The molecule has 0 aromatic heterocycles. The average Bonchev–Trinajstić information content (AvgIpc) is 2.44. The molecule has 0 amide bonds. The minimum Gasteiger partial charge on any atom is -0.466 e. The summed E-state index contributed by atoms with van der Waals surface area (Å²) in [6, 6.07) is 10.5. The van der Waals surface area contributed by atoms with Gasteiger partial charge in [-0.1, -0.05) is 57.0 Å². The highest BCUT2D eigenvalue weighted by Gasteiger charge is 2.22. The summed E-state index contributed by atoms with van der Waals surface area (Å²) in [5, 5.41) is 0. The third-order valence-corrected chi connectivity index (χ3v) is 3.70. The molecule has 2 nitrogen and oxygen atoms in total.